The zero-order valence-corrected chi connectivity index (χ0v) is 18.6. The van der Waals surface area contributed by atoms with Crippen LogP contribution in [0.5, 0.6) is 0 Å². The molecule has 1 N–H and O–H groups in total. The molecule has 0 saturated heterocycles. The van der Waals surface area contributed by atoms with E-state index in [4.69, 9.17) is 0 Å². The van der Waals surface area contributed by atoms with Crippen LogP contribution < -0.4 is 5.32 Å². The number of aryl methyl sites for hydroxylation is 1. The Morgan fingerprint density at radius 3 is 2.57 bits per heavy atom. The first-order chi connectivity index (χ1) is 17.1. The molecule has 0 aliphatic carbocycles. The highest BCUT2D eigenvalue weighted by molar-refractivity contribution is 6.12. The highest BCUT2D eigenvalue weighted by atomic mass is 19.1. The fraction of sp³-hybridized carbons (Fsp3) is 0.0385. The first-order valence-corrected chi connectivity index (χ1v) is 10.9. The van der Waals surface area contributed by atoms with Gasteiger partial charge in [-0.05, 0) is 48.0 Å². The van der Waals surface area contributed by atoms with Gasteiger partial charge in [0, 0.05) is 11.6 Å². The van der Waals surface area contributed by atoms with Crippen LogP contribution in [0.2, 0.25) is 0 Å². The summed E-state index contributed by atoms with van der Waals surface area (Å²) in [5, 5.41) is 14.4. The Morgan fingerprint density at radius 1 is 0.914 bits per heavy atom. The molecule has 3 heterocycles. The third kappa shape index (κ3) is 3.59. The lowest BCUT2D eigenvalue weighted by molar-refractivity contribution is 0.102. The maximum absolute atomic E-state index is 13.4. The van der Waals surface area contributed by atoms with Crippen LogP contribution in [0.15, 0.2) is 85.3 Å². The number of carbonyl (C=O) groups is 1. The topological polar surface area (TPSA) is 90.5 Å². The number of rotatable bonds is 4. The molecule has 0 atom stereocenters. The van der Waals surface area contributed by atoms with E-state index in [1.807, 2.05) is 43.3 Å². The van der Waals surface area contributed by atoms with E-state index in [1.54, 1.807) is 39.8 Å². The van der Waals surface area contributed by atoms with Gasteiger partial charge in [0.2, 0.25) is 0 Å². The Balaban J connectivity index is 1.42. The average Bonchev–Trinajstić information content (AvgIpc) is 3.47. The number of hydrogen-bond donors (Lipinski definition) is 1. The fourth-order valence-corrected chi connectivity index (χ4v) is 4.13. The van der Waals surface area contributed by atoms with Crippen LogP contribution in [-0.4, -0.2) is 35.4 Å². The van der Waals surface area contributed by atoms with Gasteiger partial charge in [-0.25, -0.2) is 19.0 Å². The predicted octanol–water partition coefficient (Wildman–Crippen LogP) is 4.85. The summed E-state index contributed by atoms with van der Waals surface area (Å²) in [6, 6.07) is 21.1. The molecule has 0 saturated carbocycles. The molecule has 6 aromatic rings. The van der Waals surface area contributed by atoms with Crippen molar-refractivity contribution >= 4 is 33.5 Å². The molecular weight excluding hydrogens is 445 g/mol. The van der Waals surface area contributed by atoms with Gasteiger partial charge >= 0.3 is 0 Å². The van der Waals surface area contributed by atoms with Crippen molar-refractivity contribution < 1.29 is 9.18 Å². The normalized spacial score (nSPS) is 11.3. The van der Waals surface area contributed by atoms with Gasteiger partial charge in [-0.1, -0.05) is 36.4 Å². The zero-order valence-electron chi connectivity index (χ0n) is 18.6. The molecule has 35 heavy (non-hydrogen) atoms. The van der Waals surface area contributed by atoms with Gasteiger partial charge in [-0.2, -0.15) is 14.9 Å². The molecule has 1 amide bonds. The van der Waals surface area contributed by atoms with Crippen LogP contribution in [0.1, 0.15) is 16.1 Å². The summed E-state index contributed by atoms with van der Waals surface area (Å²) in [6.45, 7) is 1.84. The van der Waals surface area contributed by atoms with Crippen molar-refractivity contribution in [1.29, 1.82) is 0 Å². The highest BCUT2D eigenvalue weighted by Gasteiger charge is 2.19. The molecule has 8 nitrogen and oxygen atoms in total. The number of fused-ring (bicyclic) bond motifs is 2. The number of carbonyl (C=O) groups excluding carboxylic acids is 1. The summed E-state index contributed by atoms with van der Waals surface area (Å²) in [5.74, 6) is 0.342. The van der Waals surface area contributed by atoms with Crippen molar-refractivity contribution in [1.82, 2.24) is 29.5 Å². The van der Waals surface area contributed by atoms with E-state index in [0.29, 0.717) is 39.6 Å². The van der Waals surface area contributed by atoms with E-state index in [2.05, 4.69) is 25.5 Å². The highest BCUT2D eigenvalue weighted by Crippen LogP contribution is 2.25. The van der Waals surface area contributed by atoms with E-state index in [0.717, 1.165) is 10.8 Å². The molecule has 9 heteroatoms. The molecule has 0 aliphatic heterocycles. The van der Waals surface area contributed by atoms with Gasteiger partial charge < -0.3 is 5.32 Å². The number of benzene rings is 3. The minimum absolute atomic E-state index is 0.254. The van der Waals surface area contributed by atoms with Crippen molar-refractivity contribution in [3.63, 3.8) is 0 Å². The van der Waals surface area contributed by atoms with Gasteiger partial charge in [0.1, 0.15) is 18.0 Å². The zero-order chi connectivity index (χ0) is 23.9. The summed E-state index contributed by atoms with van der Waals surface area (Å²) in [4.78, 5) is 22.1. The quantitative estimate of drug-likeness (QED) is 0.403. The second kappa shape index (κ2) is 8.14. The van der Waals surface area contributed by atoms with Crippen molar-refractivity contribution in [2.75, 3.05) is 5.32 Å². The largest absolute Gasteiger partial charge is 0.306 e. The molecule has 3 aromatic carbocycles. The summed E-state index contributed by atoms with van der Waals surface area (Å²) >= 11 is 0. The van der Waals surface area contributed by atoms with Crippen molar-refractivity contribution in [3.05, 3.63) is 102 Å². The second-order valence-corrected chi connectivity index (χ2v) is 8.03. The van der Waals surface area contributed by atoms with E-state index < -0.39 is 0 Å². The maximum Gasteiger partial charge on any atom is 0.257 e. The van der Waals surface area contributed by atoms with Crippen molar-refractivity contribution in [2.24, 2.45) is 0 Å². The minimum Gasteiger partial charge on any atom is -0.306 e. The molecule has 0 bridgehead atoms. The monoisotopic (exact) mass is 463 g/mol. The van der Waals surface area contributed by atoms with Gasteiger partial charge in [-0.15, -0.1) is 0 Å². The maximum atomic E-state index is 13.4. The van der Waals surface area contributed by atoms with Crippen LogP contribution in [0.25, 0.3) is 33.3 Å². The molecule has 0 unspecified atom stereocenters. The molecule has 3 aromatic heterocycles. The van der Waals surface area contributed by atoms with E-state index >= 15 is 0 Å². The number of halogens is 1. The Bertz CT molecular complexity index is 1710. The third-order valence-corrected chi connectivity index (χ3v) is 5.72. The van der Waals surface area contributed by atoms with E-state index in [1.165, 1.54) is 18.5 Å². The molecule has 0 radical (unpaired) electrons. The Hall–Kier alpha value is -4.92. The SMILES string of the molecule is Cc1cc(NC(=O)c2cccc3ccccc23)n(-c2ncnc3c2cnn3-c2ccc(F)cc2)n1. The molecule has 0 fully saturated rings. The van der Waals surface area contributed by atoms with Crippen LogP contribution in [0.3, 0.4) is 0 Å². The van der Waals surface area contributed by atoms with Gasteiger partial charge in [0.05, 0.1) is 23.0 Å². The Labute approximate surface area is 198 Å². The third-order valence-electron chi connectivity index (χ3n) is 5.72. The molecular formula is C26H18FN7O. The standard InChI is InChI=1S/C26H18FN7O/c1-16-13-23(31-26(35)21-8-4-6-17-5-2-3-7-20(17)21)34(32-16)25-22-14-30-33(24(22)28-15-29-25)19-11-9-18(27)10-12-19/h2-15H,1H3,(H,31,35). The summed E-state index contributed by atoms with van der Waals surface area (Å²) in [7, 11) is 0. The Kier molecular flexibility index (Phi) is 4.81. The van der Waals surface area contributed by atoms with Gasteiger partial charge in [0.25, 0.3) is 5.91 Å². The first-order valence-electron chi connectivity index (χ1n) is 10.9. The number of nitrogens with zero attached hydrogens (tertiary/aromatic N) is 6. The lowest BCUT2D eigenvalue weighted by atomic mass is 10.0. The Morgan fingerprint density at radius 2 is 1.71 bits per heavy atom. The van der Waals surface area contributed by atoms with Crippen LogP contribution >= 0.6 is 0 Å². The van der Waals surface area contributed by atoms with Crippen LogP contribution in [-0.2, 0) is 0 Å². The second-order valence-electron chi connectivity index (χ2n) is 8.03. The lowest BCUT2D eigenvalue weighted by Gasteiger charge is -2.10. The summed E-state index contributed by atoms with van der Waals surface area (Å²) in [5.41, 5.74) is 2.45. The average molecular weight is 463 g/mol. The number of aromatic nitrogens is 6. The summed E-state index contributed by atoms with van der Waals surface area (Å²) in [6.07, 6.45) is 3.04. The molecule has 170 valence electrons. The smallest absolute Gasteiger partial charge is 0.257 e. The molecule has 0 aliphatic rings. The molecule has 0 spiro atoms. The van der Waals surface area contributed by atoms with Crippen LogP contribution in [0.4, 0.5) is 10.2 Å². The van der Waals surface area contributed by atoms with Crippen molar-refractivity contribution in [3.8, 4) is 11.5 Å². The van der Waals surface area contributed by atoms with Crippen LogP contribution in [0, 0.1) is 12.7 Å². The predicted molar refractivity (Wildman–Crippen MR) is 130 cm³/mol. The van der Waals surface area contributed by atoms with Crippen molar-refractivity contribution in [2.45, 2.75) is 6.92 Å². The van der Waals surface area contributed by atoms with E-state index in [-0.39, 0.29) is 11.7 Å². The fourth-order valence-electron chi connectivity index (χ4n) is 4.13. The van der Waals surface area contributed by atoms with Gasteiger partial charge in [0.15, 0.2) is 11.5 Å². The van der Waals surface area contributed by atoms with E-state index in [9.17, 15) is 9.18 Å². The first kappa shape index (κ1) is 20.7. The number of hydrogen-bond acceptors (Lipinski definition) is 5. The summed E-state index contributed by atoms with van der Waals surface area (Å²) < 4.78 is 16.6. The lowest BCUT2D eigenvalue weighted by Crippen LogP contribution is -2.16. The number of amides is 1. The number of nitrogens with one attached hydrogen (secondary N) is 1. The number of anilines is 1. The minimum atomic E-state index is -0.334. The van der Waals surface area contributed by atoms with Gasteiger partial charge in [-0.3, -0.25) is 4.79 Å². The molecule has 6 rings (SSSR count).